The molecule has 0 saturated carbocycles. The monoisotopic (exact) mass is 293 g/mol. The number of methoxy groups -OCH3 is 1. The molecular formula is C10H10B2BrNO3. The van der Waals surface area contributed by atoms with Gasteiger partial charge in [-0.1, -0.05) is 26.9 Å². The molecule has 0 aliphatic rings. The van der Waals surface area contributed by atoms with Gasteiger partial charge >= 0.3 is 5.97 Å². The van der Waals surface area contributed by atoms with Crippen molar-refractivity contribution in [3.8, 4) is 11.8 Å². The zero-order valence-corrected chi connectivity index (χ0v) is 11.4. The molecule has 0 saturated heterocycles. The Balaban J connectivity index is 3.36. The maximum atomic E-state index is 11.6. The summed E-state index contributed by atoms with van der Waals surface area (Å²) >= 11 is 3.37. The van der Waals surface area contributed by atoms with Gasteiger partial charge in [-0.3, -0.25) is 0 Å². The number of carbonyl (C=O) groups is 1. The average Bonchev–Trinajstić information content (AvgIpc) is 2.33. The molecule has 0 fully saturated rings. The summed E-state index contributed by atoms with van der Waals surface area (Å²) in [6.07, 6.45) is 0. The quantitative estimate of drug-likeness (QED) is 0.511. The highest BCUT2D eigenvalue weighted by atomic mass is 79.9. The summed E-state index contributed by atoms with van der Waals surface area (Å²) in [5, 5.41) is 8.53. The van der Waals surface area contributed by atoms with Gasteiger partial charge in [0, 0.05) is 4.47 Å². The predicted octanol–water partition coefficient (Wildman–Crippen LogP) is -1.35. The van der Waals surface area contributed by atoms with E-state index in [9.17, 15) is 4.79 Å². The Labute approximate surface area is 110 Å². The lowest BCUT2D eigenvalue weighted by Gasteiger charge is -2.14. The van der Waals surface area contributed by atoms with E-state index in [-0.39, 0.29) is 6.61 Å². The second kappa shape index (κ2) is 5.78. The minimum Gasteiger partial charge on any atom is -0.478 e. The normalized spacial score (nSPS) is 9.47. The van der Waals surface area contributed by atoms with Crippen molar-refractivity contribution in [1.82, 2.24) is 0 Å². The zero-order valence-electron chi connectivity index (χ0n) is 9.83. The van der Waals surface area contributed by atoms with Gasteiger partial charge in [-0.05, 0) is 6.07 Å². The van der Waals surface area contributed by atoms with Crippen LogP contribution in [0.1, 0.15) is 10.4 Å². The van der Waals surface area contributed by atoms with Crippen molar-refractivity contribution in [3.63, 3.8) is 0 Å². The molecule has 17 heavy (non-hydrogen) atoms. The van der Waals surface area contributed by atoms with E-state index >= 15 is 0 Å². The molecule has 0 unspecified atom stereocenters. The molecule has 1 aromatic carbocycles. The van der Waals surface area contributed by atoms with Crippen molar-refractivity contribution in [1.29, 1.82) is 5.26 Å². The SMILES string of the molecule is Bc1c(Br)cc(C(=O)OC)c(OCC#N)c1B. The molecule has 7 heteroatoms. The van der Waals surface area contributed by atoms with Crippen molar-refractivity contribution in [2.24, 2.45) is 0 Å². The van der Waals surface area contributed by atoms with Gasteiger partial charge in [0.25, 0.3) is 0 Å². The topological polar surface area (TPSA) is 59.3 Å². The van der Waals surface area contributed by atoms with Crippen LogP contribution in [0, 0.1) is 11.3 Å². The molecule has 4 nitrogen and oxygen atoms in total. The summed E-state index contributed by atoms with van der Waals surface area (Å²) in [6.45, 7) is -0.105. The van der Waals surface area contributed by atoms with Crippen LogP contribution in [-0.2, 0) is 4.74 Å². The van der Waals surface area contributed by atoms with E-state index in [1.165, 1.54) is 7.11 Å². The van der Waals surface area contributed by atoms with E-state index in [0.29, 0.717) is 11.3 Å². The second-order valence-corrected chi connectivity index (χ2v) is 4.28. The van der Waals surface area contributed by atoms with E-state index in [0.717, 1.165) is 15.4 Å². The predicted molar refractivity (Wildman–Crippen MR) is 72.9 cm³/mol. The van der Waals surface area contributed by atoms with Gasteiger partial charge in [0.2, 0.25) is 0 Å². The number of nitriles is 1. The molecule has 0 radical (unpaired) electrons. The fourth-order valence-corrected chi connectivity index (χ4v) is 1.93. The highest BCUT2D eigenvalue weighted by molar-refractivity contribution is 9.10. The summed E-state index contributed by atoms with van der Waals surface area (Å²) < 4.78 is 10.8. The van der Waals surface area contributed by atoms with Crippen LogP contribution in [0.15, 0.2) is 10.5 Å². The first-order valence-electron chi connectivity index (χ1n) is 4.90. The van der Waals surface area contributed by atoms with E-state index in [1.54, 1.807) is 6.07 Å². The molecule has 0 bridgehead atoms. The van der Waals surface area contributed by atoms with E-state index in [1.807, 2.05) is 21.8 Å². The van der Waals surface area contributed by atoms with Crippen molar-refractivity contribution in [3.05, 3.63) is 16.1 Å². The maximum Gasteiger partial charge on any atom is 0.341 e. The number of esters is 1. The van der Waals surface area contributed by atoms with Crippen LogP contribution in [0.3, 0.4) is 0 Å². The summed E-state index contributed by atoms with van der Waals surface area (Å²) in [6, 6.07) is 3.52. The number of ether oxygens (including phenoxy) is 2. The first-order chi connectivity index (χ1) is 8.02. The molecule has 0 aliphatic heterocycles. The van der Waals surface area contributed by atoms with Gasteiger partial charge in [-0.15, -0.1) is 0 Å². The molecule has 86 valence electrons. The highest BCUT2D eigenvalue weighted by Crippen LogP contribution is 2.20. The van der Waals surface area contributed by atoms with Gasteiger partial charge in [0.1, 0.15) is 33.1 Å². The standard InChI is InChI=1S/C10H10B2BrNO3/c1-16-10(15)5-4-6(13)7(11)8(12)9(5)17-3-2-14/h4H,3,11-12H2,1H3. The number of hydrogen-bond acceptors (Lipinski definition) is 4. The lowest BCUT2D eigenvalue weighted by Crippen LogP contribution is -2.31. The molecule has 0 aliphatic carbocycles. The minimum atomic E-state index is -0.485. The summed E-state index contributed by atoms with van der Waals surface area (Å²) in [7, 11) is 5.04. The van der Waals surface area contributed by atoms with Crippen LogP contribution in [0.2, 0.25) is 0 Å². The molecule has 0 heterocycles. The Hall–Kier alpha value is -1.41. The van der Waals surface area contributed by atoms with Gasteiger partial charge < -0.3 is 9.47 Å². The first-order valence-corrected chi connectivity index (χ1v) is 5.70. The van der Waals surface area contributed by atoms with E-state index in [2.05, 4.69) is 20.7 Å². The van der Waals surface area contributed by atoms with E-state index < -0.39 is 5.97 Å². The van der Waals surface area contributed by atoms with Crippen molar-refractivity contribution < 1.29 is 14.3 Å². The van der Waals surface area contributed by atoms with Crippen LogP contribution < -0.4 is 15.7 Å². The number of hydrogen-bond donors (Lipinski definition) is 0. The van der Waals surface area contributed by atoms with Crippen LogP contribution in [-0.4, -0.2) is 35.4 Å². The molecule has 0 amide bonds. The highest BCUT2D eigenvalue weighted by Gasteiger charge is 2.18. The maximum absolute atomic E-state index is 11.6. The number of halogens is 1. The largest absolute Gasteiger partial charge is 0.478 e. The summed E-state index contributed by atoms with van der Waals surface area (Å²) in [5.41, 5.74) is 2.10. The van der Waals surface area contributed by atoms with Gasteiger partial charge in [0.15, 0.2) is 6.61 Å². The Morgan fingerprint density at radius 1 is 1.53 bits per heavy atom. The molecule has 0 spiro atoms. The number of benzene rings is 1. The Kier molecular flexibility index (Phi) is 4.64. The first kappa shape index (κ1) is 13.7. The fraction of sp³-hybridized carbons (Fsp3) is 0.200. The molecule has 0 atom stereocenters. The smallest absolute Gasteiger partial charge is 0.341 e. The van der Waals surface area contributed by atoms with E-state index in [4.69, 9.17) is 10.00 Å². The minimum absolute atomic E-state index is 0.105. The molecule has 0 N–H and O–H groups in total. The lowest BCUT2D eigenvalue weighted by atomic mass is 9.79. The Bertz CT molecular complexity index is 499. The number of rotatable bonds is 3. The van der Waals surface area contributed by atoms with Crippen molar-refractivity contribution in [2.75, 3.05) is 13.7 Å². The van der Waals surface area contributed by atoms with Crippen LogP contribution in [0.5, 0.6) is 5.75 Å². The van der Waals surface area contributed by atoms with Gasteiger partial charge in [0.05, 0.1) is 7.11 Å². The number of carbonyl (C=O) groups excluding carboxylic acids is 1. The van der Waals surface area contributed by atoms with Crippen LogP contribution in [0.4, 0.5) is 0 Å². The molecule has 0 aromatic heterocycles. The molecule has 1 aromatic rings. The average molecular weight is 294 g/mol. The van der Waals surface area contributed by atoms with Gasteiger partial charge in [-0.2, -0.15) is 5.26 Å². The van der Waals surface area contributed by atoms with Gasteiger partial charge in [-0.25, -0.2) is 4.79 Å². The summed E-state index contributed by atoms with van der Waals surface area (Å²) in [4.78, 5) is 11.6. The van der Waals surface area contributed by atoms with Crippen molar-refractivity contribution >= 4 is 48.5 Å². The lowest BCUT2D eigenvalue weighted by molar-refractivity contribution is 0.0597. The third kappa shape index (κ3) is 2.83. The Morgan fingerprint density at radius 3 is 2.71 bits per heavy atom. The molecule has 1 rings (SSSR count). The second-order valence-electron chi connectivity index (χ2n) is 3.42. The zero-order chi connectivity index (χ0) is 13.0. The third-order valence-corrected chi connectivity index (χ3v) is 3.29. The van der Waals surface area contributed by atoms with Crippen molar-refractivity contribution in [2.45, 2.75) is 0 Å². The Morgan fingerprint density at radius 2 is 2.18 bits per heavy atom. The third-order valence-electron chi connectivity index (χ3n) is 2.46. The van der Waals surface area contributed by atoms with Crippen LogP contribution >= 0.6 is 15.9 Å². The fourth-order valence-electron chi connectivity index (χ4n) is 1.40. The molecular weight excluding hydrogens is 284 g/mol. The number of nitrogens with zero attached hydrogens (tertiary/aromatic N) is 1. The van der Waals surface area contributed by atoms with Crippen LogP contribution in [0.25, 0.3) is 0 Å². The summed E-state index contributed by atoms with van der Waals surface area (Å²) in [5.74, 6) is -0.0826.